The van der Waals surface area contributed by atoms with Crippen LogP contribution < -0.4 is 0 Å². The van der Waals surface area contributed by atoms with Crippen molar-refractivity contribution in [2.75, 3.05) is 26.2 Å². The van der Waals surface area contributed by atoms with Crippen LogP contribution in [0.25, 0.3) is 0 Å². The van der Waals surface area contributed by atoms with Gasteiger partial charge in [0.05, 0.1) is 6.10 Å². The van der Waals surface area contributed by atoms with E-state index in [1.807, 2.05) is 0 Å². The Bertz CT molecular complexity index is 1060. The van der Waals surface area contributed by atoms with Crippen molar-refractivity contribution in [3.63, 3.8) is 0 Å². The molecule has 2 aliphatic rings. The number of aliphatic hydroxyl groups excluding tert-OH is 1. The first-order valence-electron chi connectivity index (χ1n) is 14.1. The highest BCUT2D eigenvalue weighted by molar-refractivity contribution is 5.34. The van der Waals surface area contributed by atoms with Crippen LogP contribution in [-0.2, 0) is 25.9 Å². The van der Waals surface area contributed by atoms with E-state index in [4.69, 9.17) is 0 Å². The molecule has 0 amide bonds. The number of benzene rings is 3. The van der Waals surface area contributed by atoms with E-state index in [1.54, 1.807) is 0 Å². The molecule has 1 atom stereocenters. The summed E-state index contributed by atoms with van der Waals surface area (Å²) >= 11 is 0. The predicted octanol–water partition coefficient (Wildman–Crippen LogP) is 6.40. The van der Waals surface area contributed by atoms with Gasteiger partial charge >= 0.3 is 0 Å². The lowest BCUT2D eigenvalue weighted by Gasteiger charge is -2.32. The average Bonchev–Trinajstić information content (AvgIpc) is 3.14. The Morgan fingerprint density at radius 1 is 0.778 bits per heavy atom. The number of nitrogens with zero attached hydrogens (tertiary/aromatic N) is 2. The zero-order valence-corrected chi connectivity index (χ0v) is 21.7. The van der Waals surface area contributed by atoms with Gasteiger partial charge in [0, 0.05) is 19.6 Å². The summed E-state index contributed by atoms with van der Waals surface area (Å²) < 4.78 is 0. The Morgan fingerprint density at radius 2 is 1.50 bits per heavy atom. The second kappa shape index (κ2) is 12.7. The van der Waals surface area contributed by atoms with Gasteiger partial charge in [-0.1, -0.05) is 78.9 Å². The number of hydrogen-bond acceptors (Lipinski definition) is 3. The van der Waals surface area contributed by atoms with E-state index in [2.05, 4.69) is 88.7 Å². The van der Waals surface area contributed by atoms with Gasteiger partial charge in [-0.2, -0.15) is 0 Å². The van der Waals surface area contributed by atoms with E-state index >= 15 is 0 Å². The van der Waals surface area contributed by atoms with Gasteiger partial charge in [-0.15, -0.1) is 0 Å². The Labute approximate surface area is 217 Å². The molecule has 2 aliphatic heterocycles. The van der Waals surface area contributed by atoms with Crippen molar-refractivity contribution in [1.29, 1.82) is 0 Å². The Hall–Kier alpha value is -2.46. The number of aryl methyl sites for hydroxylation is 1. The molecule has 0 bridgehead atoms. The molecular weight excluding hydrogens is 440 g/mol. The van der Waals surface area contributed by atoms with Gasteiger partial charge < -0.3 is 5.11 Å². The first-order chi connectivity index (χ1) is 17.7. The van der Waals surface area contributed by atoms with Crippen molar-refractivity contribution in [3.8, 4) is 0 Å². The zero-order valence-electron chi connectivity index (χ0n) is 21.7. The minimum Gasteiger partial charge on any atom is -0.388 e. The molecule has 190 valence electrons. The maximum atomic E-state index is 11.1. The van der Waals surface area contributed by atoms with Crippen LogP contribution in [0.15, 0.2) is 78.9 Å². The summed E-state index contributed by atoms with van der Waals surface area (Å²) in [5, 5.41) is 11.1. The van der Waals surface area contributed by atoms with E-state index in [1.165, 1.54) is 54.6 Å². The molecule has 1 unspecified atom stereocenters. The summed E-state index contributed by atoms with van der Waals surface area (Å²) in [5.74, 6) is 0.737. The van der Waals surface area contributed by atoms with E-state index in [9.17, 15) is 5.11 Å². The summed E-state index contributed by atoms with van der Waals surface area (Å²) in [4.78, 5) is 5.18. The SMILES string of the molecule is OC(CCC1CCN(Cc2ccccc2)CC1)c1ccc2c(c1)CN(CCc1ccccc1)CCC2. The molecule has 3 aromatic carbocycles. The first-order valence-corrected chi connectivity index (χ1v) is 14.1. The second-order valence-corrected chi connectivity index (χ2v) is 10.9. The van der Waals surface area contributed by atoms with Gasteiger partial charge in [0.15, 0.2) is 0 Å². The summed E-state index contributed by atoms with van der Waals surface area (Å²) in [5.41, 5.74) is 6.83. The molecule has 3 nitrogen and oxygen atoms in total. The first kappa shape index (κ1) is 25.2. The molecular formula is C33H42N2O. The molecule has 36 heavy (non-hydrogen) atoms. The zero-order chi connectivity index (χ0) is 24.6. The number of piperidine rings is 1. The van der Waals surface area contributed by atoms with Crippen molar-refractivity contribution in [1.82, 2.24) is 9.80 Å². The number of aliphatic hydroxyl groups is 1. The molecule has 1 N–H and O–H groups in total. The van der Waals surface area contributed by atoms with Crippen molar-refractivity contribution in [2.24, 2.45) is 5.92 Å². The molecule has 0 radical (unpaired) electrons. The predicted molar refractivity (Wildman–Crippen MR) is 149 cm³/mol. The fourth-order valence-corrected chi connectivity index (χ4v) is 6.02. The molecule has 3 heteroatoms. The van der Waals surface area contributed by atoms with Crippen LogP contribution in [0, 0.1) is 5.92 Å². The lowest BCUT2D eigenvalue weighted by Crippen LogP contribution is -2.33. The molecule has 5 rings (SSSR count). The van der Waals surface area contributed by atoms with Crippen LogP contribution in [0.5, 0.6) is 0 Å². The molecule has 0 aromatic heterocycles. The Morgan fingerprint density at radius 3 is 2.25 bits per heavy atom. The number of fused-ring (bicyclic) bond motifs is 1. The number of hydrogen-bond donors (Lipinski definition) is 1. The molecule has 1 fully saturated rings. The Balaban J connectivity index is 1.10. The van der Waals surface area contributed by atoms with Crippen molar-refractivity contribution >= 4 is 0 Å². The minimum absolute atomic E-state index is 0.348. The van der Waals surface area contributed by atoms with E-state index in [0.29, 0.717) is 0 Å². The third-order valence-electron chi connectivity index (χ3n) is 8.29. The van der Waals surface area contributed by atoms with Crippen LogP contribution in [0.2, 0.25) is 0 Å². The Kier molecular flexibility index (Phi) is 8.87. The van der Waals surface area contributed by atoms with Gasteiger partial charge in [-0.25, -0.2) is 0 Å². The topological polar surface area (TPSA) is 26.7 Å². The van der Waals surface area contributed by atoms with Crippen molar-refractivity contribution in [2.45, 2.75) is 64.1 Å². The third-order valence-corrected chi connectivity index (χ3v) is 8.29. The summed E-state index contributed by atoms with van der Waals surface area (Å²) in [7, 11) is 0. The quantitative estimate of drug-likeness (QED) is 0.382. The lowest BCUT2D eigenvalue weighted by molar-refractivity contribution is 0.132. The number of rotatable bonds is 9. The van der Waals surface area contributed by atoms with Gasteiger partial charge in [0.25, 0.3) is 0 Å². The largest absolute Gasteiger partial charge is 0.388 e. The maximum absolute atomic E-state index is 11.1. The van der Waals surface area contributed by atoms with E-state index < -0.39 is 0 Å². The van der Waals surface area contributed by atoms with Gasteiger partial charge in [-0.3, -0.25) is 9.80 Å². The summed E-state index contributed by atoms with van der Waals surface area (Å²) in [6, 6.07) is 28.4. The highest BCUT2D eigenvalue weighted by Gasteiger charge is 2.21. The van der Waals surface area contributed by atoms with Crippen LogP contribution in [0.1, 0.15) is 66.0 Å². The van der Waals surface area contributed by atoms with Gasteiger partial charge in [0.2, 0.25) is 0 Å². The van der Waals surface area contributed by atoms with Crippen LogP contribution in [0.3, 0.4) is 0 Å². The maximum Gasteiger partial charge on any atom is 0.0790 e. The number of likely N-dealkylation sites (tertiary alicyclic amines) is 1. The standard InChI is InChI=1S/C33H42N2O/c36-33(16-13-28-18-22-35(23-19-28)25-29-10-5-2-6-11-29)31-15-14-30-12-7-20-34(26-32(30)24-31)21-17-27-8-3-1-4-9-27/h1-6,8-11,14-15,24,28,33,36H,7,12-13,16-23,25-26H2. The summed E-state index contributed by atoms with van der Waals surface area (Å²) in [6.45, 7) is 6.67. The normalized spacial score (nSPS) is 18.5. The monoisotopic (exact) mass is 482 g/mol. The highest BCUT2D eigenvalue weighted by atomic mass is 16.3. The van der Waals surface area contributed by atoms with Gasteiger partial charge in [-0.05, 0) is 98.3 Å². The fourth-order valence-electron chi connectivity index (χ4n) is 6.02. The molecule has 0 aliphatic carbocycles. The van der Waals surface area contributed by atoms with Crippen LogP contribution in [-0.4, -0.2) is 41.1 Å². The van der Waals surface area contributed by atoms with E-state index in [-0.39, 0.29) is 6.10 Å². The van der Waals surface area contributed by atoms with Crippen LogP contribution >= 0.6 is 0 Å². The third kappa shape index (κ3) is 7.06. The highest BCUT2D eigenvalue weighted by Crippen LogP contribution is 2.29. The minimum atomic E-state index is -0.348. The van der Waals surface area contributed by atoms with Crippen molar-refractivity contribution < 1.29 is 5.11 Å². The van der Waals surface area contributed by atoms with E-state index in [0.717, 1.165) is 63.3 Å². The summed E-state index contributed by atoms with van der Waals surface area (Å²) in [6.07, 6.45) is 7.61. The van der Waals surface area contributed by atoms with Crippen LogP contribution in [0.4, 0.5) is 0 Å². The molecule has 0 saturated carbocycles. The molecule has 3 aromatic rings. The molecule has 0 spiro atoms. The van der Waals surface area contributed by atoms with Gasteiger partial charge in [0.1, 0.15) is 0 Å². The lowest BCUT2D eigenvalue weighted by atomic mass is 9.89. The second-order valence-electron chi connectivity index (χ2n) is 10.9. The molecule has 2 heterocycles. The fraction of sp³-hybridized carbons (Fsp3) is 0.455. The molecule has 1 saturated heterocycles. The average molecular weight is 483 g/mol. The smallest absolute Gasteiger partial charge is 0.0790 e. The van der Waals surface area contributed by atoms with Crippen molar-refractivity contribution in [3.05, 3.63) is 107 Å².